The van der Waals surface area contributed by atoms with Crippen molar-refractivity contribution in [1.82, 2.24) is 10.2 Å². The van der Waals surface area contributed by atoms with E-state index in [4.69, 9.17) is 0 Å². The van der Waals surface area contributed by atoms with E-state index in [-0.39, 0.29) is 11.6 Å². The maximum Gasteiger partial charge on any atom is 0.276 e. The smallest absolute Gasteiger partial charge is 0.276 e. The molecule has 0 unspecified atom stereocenters. The highest BCUT2D eigenvalue weighted by Crippen LogP contribution is 2.16. The van der Waals surface area contributed by atoms with Gasteiger partial charge in [-0.05, 0) is 42.3 Å². The van der Waals surface area contributed by atoms with Crippen LogP contribution in [0.5, 0.6) is 0 Å². The van der Waals surface area contributed by atoms with Crippen LogP contribution < -0.4 is 10.6 Å². The van der Waals surface area contributed by atoms with Crippen LogP contribution in [0.4, 0.5) is 11.5 Å². The minimum Gasteiger partial charge on any atom is -0.368 e. The summed E-state index contributed by atoms with van der Waals surface area (Å²) >= 11 is 3.37. The molecule has 1 amide bonds. The number of aromatic nitrogens is 2. The number of hydrogen-bond acceptors (Lipinski definition) is 4. The molecule has 1 heterocycles. The van der Waals surface area contributed by atoms with E-state index in [1.807, 2.05) is 42.5 Å². The van der Waals surface area contributed by atoms with Gasteiger partial charge in [-0.15, -0.1) is 10.2 Å². The second kappa shape index (κ2) is 8.39. The van der Waals surface area contributed by atoms with E-state index in [2.05, 4.69) is 48.9 Å². The number of halogens is 1. The summed E-state index contributed by atoms with van der Waals surface area (Å²) in [6.45, 7) is 0.752. The Hall–Kier alpha value is -2.73. The van der Waals surface area contributed by atoms with Gasteiger partial charge in [-0.25, -0.2) is 0 Å². The SMILES string of the molecule is O=C(Nc1cccc(Br)c1)c1ccc(NCCc2ccccc2)nn1. The Balaban J connectivity index is 1.53. The van der Waals surface area contributed by atoms with Crippen molar-refractivity contribution >= 4 is 33.3 Å². The molecule has 0 bridgehead atoms. The van der Waals surface area contributed by atoms with Crippen molar-refractivity contribution in [2.45, 2.75) is 6.42 Å². The summed E-state index contributed by atoms with van der Waals surface area (Å²) in [4.78, 5) is 12.2. The number of carbonyl (C=O) groups excluding carboxylic acids is 1. The van der Waals surface area contributed by atoms with Gasteiger partial charge in [0.15, 0.2) is 5.69 Å². The topological polar surface area (TPSA) is 66.9 Å². The van der Waals surface area contributed by atoms with Gasteiger partial charge in [0.1, 0.15) is 5.82 Å². The van der Waals surface area contributed by atoms with Gasteiger partial charge < -0.3 is 10.6 Å². The number of carbonyl (C=O) groups is 1. The molecule has 6 heteroatoms. The second-order valence-corrected chi connectivity index (χ2v) is 6.35. The lowest BCUT2D eigenvalue weighted by molar-refractivity contribution is 0.102. The first-order chi connectivity index (χ1) is 12.2. The summed E-state index contributed by atoms with van der Waals surface area (Å²) in [5, 5.41) is 14.0. The van der Waals surface area contributed by atoms with Crippen molar-refractivity contribution in [3.8, 4) is 0 Å². The van der Waals surface area contributed by atoms with E-state index in [1.165, 1.54) is 5.56 Å². The molecule has 0 atom stereocenters. The molecule has 0 spiro atoms. The van der Waals surface area contributed by atoms with Crippen molar-refractivity contribution in [3.63, 3.8) is 0 Å². The van der Waals surface area contributed by atoms with E-state index in [1.54, 1.807) is 12.1 Å². The van der Waals surface area contributed by atoms with Gasteiger partial charge in [-0.2, -0.15) is 0 Å². The van der Waals surface area contributed by atoms with E-state index in [9.17, 15) is 4.79 Å². The van der Waals surface area contributed by atoms with Crippen molar-refractivity contribution in [2.75, 3.05) is 17.2 Å². The number of anilines is 2. The molecular weight excluding hydrogens is 380 g/mol. The number of amides is 1. The quantitative estimate of drug-likeness (QED) is 0.656. The van der Waals surface area contributed by atoms with Gasteiger partial charge in [-0.1, -0.05) is 52.3 Å². The Morgan fingerprint density at radius 2 is 1.80 bits per heavy atom. The highest BCUT2D eigenvalue weighted by atomic mass is 79.9. The third-order valence-electron chi connectivity index (χ3n) is 3.54. The van der Waals surface area contributed by atoms with Gasteiger partial charge in [0.25, 0.3) is 5.91 Å². The minimum absolute atomic E-state index is 0.272. The summed E-state index contributed by atoms with van der Waals surface area (Å²) < 4.78 is 0.898. The average Bonchev–Trinajstić information content (AvgIpc) is 2.63. The minimum atomic E-state index is -0.290. The molecular formula is C19H17BrN4O. The zero-order chi connectivity index (χ0) is 17.5. The highest BCUT2D eigenvalue weighted by Gasteiger charge is 2.09. The van der Waals surface area contributed by atoms with Crippen molar-refractivity contribution < 1.29 is 4.79 Å². The summed E-state index contributed by atoms with van der Waals surface area (Å²) in [5.74, 6) is 0.358. The van der Waals surface area contributed by atoms with Crippen LogP contribution in [0, 0.1) is 0 Å². The molecule has 5 nitrogen and oxygen atoms in total. The average molecular weight is 397 g/mol. The van der Waals surface area contributed by atoms with Crippen LogP contribution in [-0.2, 0) is 6.42 Å². The third-order valence-corrected chi connectivity index (χ3v) is 4.04. The van der Waals surface area contributed by atoms with Crippen LogP contribution in [-0.4, -0.2) is 22.6 Å². The lowest BCUT2D eigenvalue weighted by Crippen LogP contribution is -2.15. The third kappa shape index (κ3) is 5.12. The molecule has 126 valence electrons. The molecule has 0 radical (unpaired) electrons. The molecule has 0 aliphatic rings. The molecule has 2 aromatic carbocycles. The largest absolute Gasteiger partial charge is 0.368 e. The van der Waals surface area contributed by atoms with Gasteiger partial charge in [0.2, 0.25) is 0 Å². The predicted octanol–water partition coefficient (Wildman–Crippen LogP) is 4.15. The fraction of sp³-hybridized carbons (Fsp3) is 0.105. The number of rotatable bonds is 6. The highest BCUT2D eigenvalue weighted by molar-refractivity contribution is 9.10. The molecule has 0 saturated carbocycles. The Morgan fingerprint density at radius 3 is 2.52 bits per heavy atom. The summed E-state index contributed by atoms with van der Waals surface area (Å²) in [6, 6.07) is 21.0. The molecule has 2 N–H and O–H groups in total. The number of hydrogen-bond donors (Lipinski definition) is 2. The predicted molar refractivity (Wildman–Crippen MR) is 103 cm³/mol. The van der Waals surface area contributed by atoms with Gasteiger partial charge in [0.05, 0.1) is 0 Å². The molecule has 25 heavy (non-hydrogen) atoms. The summed E-state index contributed by atoms with van der Waals surface area (Å²) in [7, 11) is 0. The molecule has 0 aliphatic heterocycles. The molecule has 0 fully saturated rings. The Kier molecular flexibility index (Phi) is 5.74. The number of benzene rings is 2. The standard InChI is InChI=1S/C19H17BrN4O/c20-15-7-4-8-16(13-15)22-19(25)17-9-10-18(24-23-17)21-12-11-14-5-2-1-3-6-14/h1-10,13H,11-12H2,(H,21,24)(H,22,25). The van der Waals surface area contributed by atoms with E-state index in [0.29, 0.717) is 11.5 Å². The van der Waals surface area contributed by atoms with Crippen LogP contribution in [0.3, 0.4) is 0 Å². The first kappa shape index (κ1) is 17.1. The van der Waals surface area contributed by atoms with E-state index < -0.39 is 0 Å². The maximum atomic E-state index is 12.2. The van der Waals surface area contributed by atoms with Crippen molar-refractivity contribution in [2.24, 2.45) is 0 Å². The monoisotopic (exact) mass is 396 g/mol. The maximum absolute atomic E-state index is 12.2. The van der Waals surface area contributed by atoms with Crippen LogP contribution in [0.2, 0.25) is 0 Å². The van der Waals surface area contributed by atoms with Crippen LogP contribution in [0.15, 0.2) is 71.2 Å². The molecule has 0 aliphatic carbocycles. The first-order valence-electron chi connectivity index (χ1n) is 7.89. The van der Waals surface area contributed by atoms with Crippen LogP contribution >= 0.6 is 15.9 Å². The lowest BCUT2D eigenvalue weighted by Gasteiger charge is -2.07. The number of nitrogens with zero attached hydrogens (tertiary/aromatic N) is 2. The van der Waals surface area contributed by atoms with Gasteiger partial charge in [-0.3, -0.25) is 4.79 Å². The molecule has 1 aromatic heterocycles. The summed E-state index contributed by atoms with van der Waals surface area (Å²) in [6.07, 6.45) is 0.896. The Bertz CT molecular complexity index is 838. The molecule has 0 saturated heterocycles. The second-order valence-electron chi connectivity index (χ2n) is 5.43. The van der Waals surface area contributed by atoms with Gasteiger partial charge in [0, 0.05) is 16.7 Å². The zero-order valence-electron chi connectivity index (χ0n) is 13.4. The zero-order valence-corrected chi connectivity index (χ0v) is 15.0. The summed E-state index contributed by atoms with van der Waals surface area (Å²) in [5.41, 5.74) is 2.23. The number of nitrogens with one attached hydrogen (secondary N) is 2. The van der Waals surface area contributed by atoms with E-state index in [0.717, 1.165) is 17.4 Å². The normalized spacial score (nSPS) is 10.3. The lowest BCUT2D eigenvalue weighted by atomic mass is 10.1. The molecule has 3 aromatic rings. The fourth-order valence-electron chi connectivity index (χ4n) is 2.29. The Labute approximate surface area is 154 Å². The molecule has 3 rings (SSSR count). The van der Waals surface area contributed by atoms with Crippen LogP contribution in [0.1, 0.15) is 16.1 Å². The first-order valence-corrected chi connectivity index (χ1v) is 8.68. The van der Waals surface area contributed by atoms with Crippen molar-refractivity contribution in [3.05, 3.63) is 82.5 Å². The van der Waals surface area contributed by atoms with E-state index >= 15 is 0 Å². The Morgan fingerprint density at radius 1 is 0.960 bits per heavy atom. The van der Waals surface area contributed by atoms with Crippen LogP contribution in [0.25, 0.3) is 0 Å². The van der Waals surface area contributed by atoms with Gasteiger partial charge >= 0.3 is 0 Å². The van der Waals surface area contributed by atoms with Crippen molar-refractivity contribution in [1.29, 1.82) is 0 Å². The fourth-order valence-corrected chi connectivity index (χ4v) is 2.69.